The first-order valence-corrected chi connectivity index (χ1v) is 12.6. The van der Waals surface area contributed by atoms with E-state index in [0.29, 0.717) is 32.0 Å². The van der Waals surface area contributed by atoms with Crippen LogP contribution in [0.25, 0.3) is 15.9 Å². The van der Waals surface area contributed by atoms with E-state index in [1.165, 1.54) is 10.6 Å². The number of rotatable bonds is 7. The molecule has 0 saturated heterocycles. The second-order valence-corrected chi connectivity index (χ2v) is 10.3. The van der Waals surface area contributed by atoms with E-state index in [0.717, 1.165) is 11.3 Å². The summed E-state index contributed by atoms with van der Waals surface area (Å²) >= 11 is 1.16. The summed E-state index contributed by atoms with van der Waals surface area (Å²) in [6, 6.07) is 20.9. The highest BCUT2D eigenvalue weighted by Crippen LogP contribution is 2.37. The third-order valence-electron chi connectivity index (χ3n) is 5.29. The van der Waals surface area contributed by atoms with Crippen LogP contribution in [0.1, 0.15) is 43.1 Å². The van der Waals surface area contributed by atoms with Crippen molar-refractivity contribution >= 4 is 44.3 Å². The summed E-state index contributed by atoms with van der Waals surface area (Å²) in [5.41, 5.74) is 0.520. The molecule has 0 unspecified atom stereocenters. The normalized spacial score (nSPS) is 11.2. The van der Waals surface area contributed by atoms with Gasteiger partial charge in [0.15, 0.2) is 5.78 Å². The molecular formula is C28H27N3O5S. The molecule has 0 atom stereocenters. The Morgan fingerprint density at radius 1 is 0.919 bits per heavy atom. The highest BCUT2D eigenvalue weighted by molar-refractivity contribution is 7.23. The molecule has 9 heteroatoms. The highest BCUT2D eigenvalue weighted by atomic mass is 32.1. The van der Waals surface area contributed by atoms with Crippen LogP contribution in [0.2, 0.25) is 0 Å². The lowest BCUT2D eigenvalue weighted by Crippen LogP contribution is -2.34. The summed E-state index contributed by atoms with van der Waals surface area (Å²) in [6.45, 7) is 5.31. The van der Waals surface area contributed by atoms with Gasteiger partial charge in [0.25, 0.3) is 5.56 Å². The van der Waals surface area contributed by atoms with Crippen LogP contribution in [0.5, 0.6) is 0 Å². The summed E-state index contributed by atoms with van der Waals surface area (Å²) in [5.74, 6) is -0.661. The molecule has 0 saturated carbocycles. The predicted octanol–water partition coefficient (Wildman–Crippen LogP) is 5.14. The zero-order valence-electron chi connectivity index (χ0n) is 20.7. The number of aromatic nitrogens is 1. The summed E-state index contributed by atoms with van der Waals surface area (Å²) in [7, 11) is 0. The smallest absolute Gasteiger partial charge is 0.407 e. The number of pyridine rings is 1. The van der Waals surface area contributed by atoms with Gasteiger partial charge in [0.1, 0.15) is 15.4 Å². The second-order valence-electron chi connectivity index (χ2n) is 9.29. The summed E-state index contributed by atoms with van der Waals surface area (Å²) < 4.78 is 6.72. The number of amides is 2. The summed E-state index contributed by atoms with van der Waals surface area (Å²) in [4.78, 5) is 51.7. The molecule has 4 aromatic rings. The molecule has 0 bridgehead atoms. The number of fused-ring (bicyclic) bond motifs is 1. The van der Waals surface area contributed by atoms with Crippen molar-refractivity contribution in [2.45, 2.75) is 32.8 Å². The minimum atomic E-state index is -0.648. The number of hydrogen-bond acceptors (Lipinski definition) is 6. The van der Waals surface area contributed by atoms with Gasteiger partial charge in [-0.1, -0.05) is 59.9 Å². The maximum atomic E-state index is 13.6. The molecule has 0 aliphatic rings. The first-order chi connectivity index (χ1) is 17.6. The van der Waals surface area contributed by atoms with Gasteiger partial charge in [-0.05, 0) is 39.0 Å². The lowest BCUT2D eigenvalue weighted by molar-refractivity contribution is -0.116. The van der Waals surface area contributed by atoms with Crippen LogP contribution < -0.4 is 16.2 Å². The number of anilines is 1. The first kappa shape index (κ1) is 25.8. The van der Waals surface area contributed by atoms with Crippen LogP contribution >= 0.6 is 11.3 Å². The molecule has 0 radical (unpaired) electrons. The maximum Gasteiger partial charge on any atom is 0.407 e. The number of nitrogens with zero attached hydrogens (tertiary/aromatic N) is 1. The zero-order valence-corrected chi connectivity index (χ0v) is 21.6. The number of benzene rings is 2. The highest BCUT2D eigenvalue weighted by Gasteiger charge is 2.24. The fourth-order valence-electron chi connectivity index (χ4n) is 3.73. The molecule has 0 spiro atoms. The molecule has 2 aromatic heterocycles. The molecule has 190 valence electrons. The van der Waals surface area contributed by atoms with Crippen molar-refractivity contribution in [3.8, 4) is 5.69 Å². The van der Waals surface area contributed by atoms with Crippen LogP contribution in [0.4, 0.5) is 9.80 Å². The average molecular weight is 518 g/mol. The van der Waals surface area contributed by atoms with Gasteiger partial charge in [-0.15, -0.1) is 0 Å². The number of nitrogens with one attached hydrogen (secondary N) is 2. The third-order valence-corrected chi connectivity index (χ3v) is 6.40. The SMILES string of the molecule is CC(C)(C)OC(=O)NCCC(=O)Nc1sc2c(ccc(=O)n2-c2ccccc2)c1C(=O)c1ccccc1. The summed E-state index contributed by atoms with van der Waals surface area (Å²) in [6.07, 6.45) is -0.646. The van der Waals surface area contributed by atoms with E-state index in [1.807, 2.05) is 24.3 Å². The van der Waals surface area contributed by atoms with E-state index in [2.05, 4.69) is 10.6 Å². The van der Waals surface area contributed by atoms with E-state index in [4.69, 9.17) is 4.74 Å². The van der Waals surface area contributed by atoms with E-state index in [9.17, 15) is 19.2 Å². The number of alkyl carbamates (subject to hydrolysis) is 1. The number of carbonyl (C=O) groups excluding carboxylic acids is 3. The van der Waals surface area contributed by atoms with Crippen molar-refractivity contribution < 1.29 is 19.1 Å². The quantitative estimate of drug-likeness (QED) is 0.330. The largest absolute Gasteiger partial charge is 0.444 e. The minimum absolute atomic E-state index is 0.0298. The van der Waals surface area contributed by atoms with Gasteiger partial charge in [0.2, 0.25) is 5.91 Å². The van der Waals surface area contributed by atoms with E-state index >= 15 is 0 Å². The minimum Gasteiger partial charge on any atom is -0.444 e. The van der Waals surface area contributed by atoms with Gasteiger partial charge in [0.05, 0.1) is 11.3 Å². The Hall–Kier alpha value is -4.24. The molecule has 2 N–H and O–H groups in total. The Kier molecular flexibility index (Phi) is 7.54. The molecule has 8 nitrogen and oxygen atoms in total. The van der Waals surface area contributed by atoms with E-state index < -0.39 is 17.6 Å². The Bertz CT molecular complexity index is 1500. The number of ether oxygens (including phenoxy) is 1. The van der Waals surface area contributed by atoms with Crippen molar-refractivity contribution in [3.05, 3.63) is 94.3 Å². The molecule has 37 heavy (non-hydrogen) atoms. The number of thiophene rings is 1. The van der Waals surface area contributed by atoms with Crippen LogP contribution in [0.3, 0.4) is 0 Å². The van der Waals surface area contributed by atoms with Crippen LogP contribution in [0.15, 0.2) is 77.6 Å². The first-order valence-electron chi connectivity index (χ1n) is 11.7. The fraction of sp³-hybridized carbons (Fsp3) is 0.214. The zero-order chi connectivity index (χ0) is 26.6. The van der Waals surface area contributed by atoms with E-state index in [-0.39, 0.29) is 24.3 Å². The number of carbonyl (C=O) groups is 3. The third kappa shape index (κ3) is 6.13. The topological polar surface area (TPSA) is 106 Å². The average Bonchev–Trinajstić information content (AvgIpc) is 3.20. The fourth-order valence-corrected chi connectivity index (χ4v) is 4.96. The van der Waals surface area contributed by atoms with Crippen molar-refractivity contribution in [1.29, 1.82) is 0 Å². The van der Waals surface area contributed by atoms with Crippen molar-refractivity contribution in [3.63, 3.8) is 0 Å². The molecule has 0 aliphatic carbocycles. The Morgan fingerprint density at radius 2 is 1.57 bits per heavy atom. The van der Waals surface area contributed by atoms with Gasteiger partial charge < -0.3 is 15.4 Å². The molecule has 0 aliphatic heterocycles. The van der Waals surface area contributed by atoms with Crippen molar-refractivity contribution in [2.24, 2.45) is 0 Å². The number of ketones is 1. The Labute approximate surface area is 217 Å². The van der Waals surface area contributed by atoms with Gasteiger partial charge >= 0.3 is 6.09 Å². The Morgan fingerprint density at radius 3 is 2.22 bits per heavy atom. The van der Waals surface area contributed by atoms with Crippen molar-refractivity contribution in [1.82, 2.24) is 9.88 Å². The van der Waals surface area contributed by atoms with Crippen LogP contribution in [-0.2, 0) is 9.53 Å². The summed E-state index contributed by atoms with van der Waals surface area (Å²) in [5, 5.41) is 6.27. The van der Waals surface area contributed by atoms with Gasteiger partial charge in [-0.25, -0.2) is 4.79 Å². The lowest BCUT2D eigenvalue weighted by Gasteiger charge is -2.19. The van der Waals surface area contributed by atoms with Gasteiger partial charge in [-0.3, -0.25) is 19.0 Å². The predicted molar refractivity (Wildman–Crippen MR) is 145 cm³/mol. The lowest BCUT2D eigenvalue weighted by atomic mass is 10.0. The molecule has 0 fully saturated rings. The molecule has 2 amide bonds. The standard InChI is InChI=1S/C28H27N3O5S/c1-28(2,3)36-27(35)29-17-16-21(32)30-25-23(24(34)18-10-6-4-7-11-18)20-14-15-22(33)31(26(20)37-25)19-12-8-5-9-13-19/h4-15H,16-17H2,1-3H3,(H,29,35)(H,30,32). The monoisotopic (exact) mass is 517 g/mol. The van der Waals surface area contributed by atoms with E-state index in [1.54, 1.807) is 63.2 Å². The van der Waals surface area contributed by atoms with Gasteiger partial charge in [-0.2, -0.15) is 0 Å². The second kappa shape index (κ2) is 10.8. The van der Waals surface area contributed by atoms with Crippen LogP contribution in [0, 0.1) is 0 Å². The molecule has 2 heterocycles. The van der Waals surface area contributed by atoms with Crippen molar-refractivity contribution in [2.75, 3.05) is 11.9 Å². The molecular weight excluding hydrogens is 490 g/mol. The number of hydrogen-bond donors (Lipinski definition) is 2. The molecule has 2 aromatic carbocycles. The Balaban J connectivity index is 1.69. The molecule has 4 rings (SSSR count). The van der Waals surface area contributed by atoms with Gasteiger partial charge in [0, 0.05) is 30.0 Å². The van der Waals surface area contributed by atoms with Crippen LogP contribution in [-0.4, -0.2) is 34.5 Å². The maximum absolute atomic E-state index is 13.6. The number of para-hydroxylation sites is 1.